The van der Waals surface area contributed by atoms with Crippen LogP contribution in [0.4, 0.5) is 0 Å². The first-order valence-electron chi connectivity index (χ1n) is 5.90. The van der Waals surface area contributed by atoms with E-state index in [1.807, 2.05) is 0 Å². The molecule has 1 aliphatic heterocycles. The van der Waals surface area contributed by atoms with Gasteiger partial charge in [0.05, 0.1) is 0 Å². The summed E-state index contributed by atoms with van der Waals surface area (Å²) in [5.74, 6) is 0.456. The van der Waals surface area contributed by atoms with E-state index >= 15 is 0 Å². The molecule has 3 atom stereocenters. The fourth-order valence-corrected chi connectivity index (χ4v) is 4.29. The second-order valence-corrected chi connectivity index (χ2v) is 5.45. The van der Waals surface area contributed by atoms with Gasteiger partial charge in [-0.15, -0.1) is 0 Å². The highest BCUT2D eigenvalue weighted by molar-refractivity contribution is 5.88. The van der Waals surface area contributed by atoms with Crippen molar-refractivity contribution in [2.75, 3.05) is 0 Å². The average Bonchev–Trinajstić information content (AvgIpc) is 2.55. The average molecular weight is 202 g/mol. The molecule has 4 aliphatic carbocycles. The summed E-state index contributed by atoms with van der Waals surface area (Å²) in [6.07, 6.45) is 12.4. The third kappa shape index (κ3) is 0.735. The summed E-state index contributed by atoms with van der Waals surface area (Å²) in [7, 11) is 0. The third-order valence-electron chi connectivity index (χ3n) is 4.87. The third-order valence-corrected chi connectivity index (χ3v) is 4.87. The molecule has 15 heavy (non-hydrogen) atoms. The van der Waals surface area contributed by atoms with Gasteiger partial charge in [-0.25, -0.2) is 4.79 Å². The molecule has 2 heteroatoms. The minimum Gasteiger partial charge on any atom is -0.451 e. The molecule has 1 heterocycles. The first kappa shape index (κ1) is 8.14. The van der Waals surface area contributed by atoms with Crippen molar-refractivity contribution >= 4 is 5.97 Å². The highest BCUT2D eigenvalue weighted by Crippen LogP contribution is 2.69. The standard InChI is InChI=1S/C13H14O2/c14-11-7-9-4-6-12-5-2-1-3-10(12)13(9,8-12)15-11/h4,6-7,10H,1-3,5,8H2/t10-,12+,13-/m1/s1. The van der Waals surface area contributed by atoms with Crippen LogP contribution in [-0.2, 0) is 9.53 Å². The number of carbonyl (C=O) groups excluding carboxylic acids is 1. The molecule has 2 fully saturated rings. The van der Waals surface area contributed by atoms with E-state index in [0.29, 0.717) is 11.3 Å². The van der Waals surface area contributed by atoms with Crippen LogP contribution < -0.4 is 0 Å². The fraction of sp³-hybridized carbons (Fsp3) is 0.615. The predicted molar refractivity (Wildman–Crippen MR) is 55.1 cm³/mol. The Labute approximate surface area is 89.0 Å². The van der Waals surface area contributed by atoms with Crippen LogP contribution in [0.3, 0.4) is 0 Å². The molecule has 0 saturated heterocycles. The number of rotatable bonds is 0. The molecule has 5 aliphatic rings. The van der Waals surface area contributed by atoms with Crippen LogP contribution in [-0.4, -0.2) is 11.6 Å². The van der Waals surface area contributed by atoms with Crippen LogP contribution in [0.2, 0.25) is 0 Å². The second-order valence-electron chi connectivity index (χ2n) is 5.45. The maximum absolute atomic E-state index is 11.4. The molecule has 2 spiro atoms. The molecule has 0 radical (unpaired) electrons. The largest absolute Gasteiger partial charge is 0.451 e. The molecular weight excluding hydrogens is 188 g/mol. The molecule has 2 saturated carbocycles. The molecule has 0 aromatic rings. The van der Waals surface area contributed by atoms with Crippen molar-refractivity contribution in [1.82, 2.24) is 0 Å². The molecule has 0 N–H and O–H groups in total. The molecule has 2 bridgehead atoms. The van der Waals surface area contributed by atoms with Gasteiger partial charge in [0.2, 0.25) is 0 Å². The lowest BCUT2D eigenvalue weighted by Crippen LogP contribution is -2.64. The second kappa shape index (κ2) is 2.21. The zero-order valence-corrected chi connectivity index (χ0v) is 8.66. The van der Waals surface area contributed by atoms with E-state index in [1.165, 1.54) is 25.7 Å². The Kier molecular flexibility index (Phi) is 1.20. The summed E-state index contributed by atoms with van der Waals surface area (Å²) < 4.78 is 5.60. The molecule has 0 aromatic carbocycles. The van der Waals surface area contributed by atoms with Gasteiger partial charge >= 0.3 is 5.97 Å². The monoisotopic (exact) mass is 202 g/mol. The van der Waals surface area contributed by atoms with Crippen molar-refractivity contribution in [3.8, 4) is 0 Å². The van der Waals surface area contributed by atoms with Crippen molar-refractivity contribution in [2.24, 2.45) is 11.3 Å². The van der Waals surface area contributed by atoms with Crippen molar-refractivity contribution in [1.29, 1.82) is 0 Å². The van der Waals surface area contributed by atoms with Crippen LogP contribution in [0.5, 0.6) is 0 Å². The Balaban J connectivity index is 1.85. The zero-order valence-electron chi connectivity index (χ0n) is 8.66. The Morgan fingerprint density at radius 3 is 3.27 bits per heavy atom. The molecule has 5 rings (SSSR count). The van der Waals surface area contributed by atoms with Crippen LogP contribution in [0.1, 0.15) is 32.1 Å². The van der Waals surface area contributed by atoms with E-state index < -0.39 is 0 Å². The van der Waals surface area contributed by atoms with Crippen LogP contribution >= 0.6 is 0 Å². The van der Waals surface area contributed by atoms with Crippen LogP contribution in [0, 0.1) is 11.3 Å². The number of allylic oxidation sites excluding steroid dienone is 1. The number of carbonyl (C=O) groups is 1. The number of esters is 1. The summed E-state index contributed by atoms with van der Waals surface area (Å²) in [4.78, 5) is 11.4. The van der Waals surface area contributed by atoms with E-state index in [0.717, 1.165) is 12.0 Å². The molecule has 78 valence electrons. The van der Waals surface area contributed by atoms with Gasteiger partial charge < -0.3 is 4.74 Å². The quantitative estimate of drug-likeness (QED) is 0.564. The number of ether oxygens (including phenoxy) is 1. The van der Waals surface area contributed by atoms with Crippen LogP contribution in [0.15, 0.2) is 23.8 Å². The van der Waals surface area contributed by atoms with E-state index in [2.05, 4.69) is 12.2 Å². The van der Waals surface area contributed by atoms with Gasteiger partial charge in [-0.2, -0.15) is 0 Å². The van der Waals surface area contributed by atoms with Gasteiger partial charge in [-0.1, -0.05) is 25.0 Å². The first-order valence-corrected chi connectivity index (χ1v) is 5.90. The number of hydrogen-bond donors (Lipinski definition) is 0. The van der Waals surface area contributed by atoms with Gasteiger partial charge in [0.25, 0.3) is 0 Å². The Bertz CT molecular complexity index is 420. The number of hydrogen-bond acceptors (Lipinski definition) is 2. The van der Waals surface area contributed by atoms with E-state index in [1.54, 1.807) is 6.08 Å². The smallest absolute Gasteiger partial charge is 0.332 e. The maximum Gasteiger partial charge on any atom is 0.332 e. The van der Waals surface area contributed by atoms with Gasteiger partial charge in [-0.3, -0.25) is 0 Å². The lowest BCUT2D eigenvalue weighted by Gasteiger charge is -2.64. The molecule has 0 aromatic heterocycles. The van der Waals surface area contributed by atoms with Crippen molar-refractivity contribution in [3.63, 3.8) is 0 Å². The summed E-state index contributed by atoms with van der Waals surface area (Å²) in [5, 5.41) is 0. The highest BCUT2D eigenvalue weighted by atomic mass is 16.6. The van der Waals surface area contributed by atoms with Gasteiger partial charge in [-0.05, 0) is 18.3 Å². The van der Waals surface area contributed by atoms with Crippen molar-refractivity contribution in [3.05, 3.63) is 23.8 Å². The van der Waals surface area contributed by atoms with E-state index in [-0.39, 0.29) is 11.6 Å². The summed E-state index contributed by atoms with van der Waals surface area (Å²) >= 11 is 0. The Morgan fingerprint density at radius 1 is 1.40 bits per heavy atom. The summed E-state index contributed by atoms with van der Waals surface area (Å²) in [6, 6.07) is 0. The van der Waals surface area contributed by atoms with Crippen LogP contribution in [0.25, 0.3) is 0 Å². The topological polar surface area (TPSA) is 26.3 Å². The molecule has 0 amide bonds. The SMILES string of the molecule is O=C1C=C2C=C[C@]34CCCC[C@H]3[C@]2(C4)O1. The van der Waals surface area contributed by atoms with E-state index in [4.69, 9.17) is 4.74 Å². The van der Waals surface area contributed by atoms with E-state index in [9.17, 15) is 4.79 Å². The van der Waals surface area contributed by atoms with Crippen molar-refractivity contribution in [2.45, 2.75) is 37.7 Å². The summed E-state index contributed by atoms with van der Waals surface area (Å²) in [6.45, 7) is 0. The maximum atomic E-state index is 11.4. The lowest BCUT2D eigenvalue weighted by molar-refractivity contribution is -0.196. The van der Waals surface area contributed by atoms with Crippen molar-refractivity contribution < 1.29 is 9.53 Å². The Hall–Kier alpha value is -1.05. The highest BCUT2D eigenvalue weighted by Gasteiger charge is 2.69. The normalized spacial score (nSPS) is 50.0. The first-order chi connectivity index (χ1) is 7.25. The van der Waals surface area contributed by atoms with Gasteiger partial charge in [0.15, 0.2) is 0 Å². The fourth-order valence-electron chi connectivity index (χ4n) is 4.29. The summed E-state index contributed by atoms with van der Waals surface area (Å²) in [5.41, 5.74) is 1.34. The Morgan fingerprint density at radius 2 is 2.33 bits per heavy atom. The zero-order chi connectivity index (χ0) is 10.1. The van der Waals surface area contributed by atoms with Gasteiger partial charge in [0.1, 0.15) is 5.60 Å². The van der Waals surface area contributed by atoms with Gasteiger partial charge in [0, 0.05) is 24.0 Å². The lowest BCUT2D eigenvalue weighted by atomic mass is 9.42. The molecule has 2 nitrogen and oxygen atoms in total. The molecular formula is C13H14O2. The molecule has 0 unspecified atom stereocenters. The predicted octanol–water partition coefficient (Wildman–Crippen LogP) is 2.36. The minimum absolute atomic E-state index is 0.129. The minimum atomic E-state index is -0.188.